The topological polar surface area (TPSA) is 66.4 Å². The van der Waals surface area contributed by atoms with Crippen LogP contribution in [0.1, 0.15) is 16.8 Å². The largest absolute Gasteiger partial charge is 0.507 e. The maximum atomic E-state index is 12.9. The molecule has 1 amide bonds. The molecule has 1 atom stereocenters. The SMILES string of the molecule is CS(=O)CCCNC(=O)c1cc(F)ccc1O. The normalized spacial score (nSPS) is 12.1. The molecule has 94 valence electrons. The Morgan fingerprint density at radius 2 is 2.24 bits per heavy atom. The number of carbonyl (C=O) groups is 1. The highest BCUT2D eigenvalue weighted by Crippen LogP contribution is 2.17. The van der Waals surface area contributed by atoms with Gasteiger partial charge in [-0.25, -0.2) is 4.39 Å². The predicted molar refractivity (Wildman–Crippen MR) is 63.9 cm³/mol. The van der Waals surface area contributed by atoms with E-state index in [0.29, 0.717) is 18.7 Å². The van der Waals surface area contributed by atoms with E-state index < -0.39 is 22.5 Å². The van der Waals surface area contributed by atoms with E-state index in [9.17, 15) is 18.5 Å². The van der Waals surface area contributed by atoms with Gasteiger partial charge in [-0.2, -0.15) is 0 Å². The van der Waals surface area contributed by atoms with Crippen molar-refractivity contribution in [1.82, 2.24) is 5.32 Å². The van der Waals surface area contributed by atoms with Gasteiger partial charge >= 0.3 is 0 Å². The summed E-state index contributed by atoms with van der Waals surface area (Å²) in [5.74, 6) is -0.885. The van der Waals surface area contributed by atoms with Crippen LogP contribution in [-0.2, 0) is 10.8 Å². The van der Waals surface area contributed by atoms with Crippen molar-refractivity contribution in [1.29, 1.82) is 0 Å². The number of amides is 1. The maximum absolute atomic E-state index is 12.9. The van der Waals surface area contributed by atoms with E-state index in [1.165, 1.54) is 0 Å². The van der Waals surface area contributed by atoms with Crippen LogP contribution in [0.5, 0.6) is 5.75 Å². The zero-order valence-corrected chi connectivity index (χ0v) is 10.2. The van der Waals surface area contributed by atoms with E-state index in [1.807, 2.05) is 0 Å². The lowest BCUT2D eigenvalue weighted by Crippen LogP contribution is -2.25. The summed E-state index contributed by atoms with van der Waals surface area (Å²) < 4.78 is 23.6. The first kappa shape index (κ1) is 13.6. The van der Waals surface area contributed by atoms with Crippen LogP contribution in [0.4, 0.5) is 4.39 Å². The first-order chi connectivity index (χ1) is 8.00. The van der Waals surface area contributed by atoms with Crippen LogP contribution in [0.3, 0.4) is 0 Å². The summed E-state index contributed by atoms with van der Waals surface area (Å²) in [7, 11) is -0.894. The van der Waals surface area contributed by atoms with Crippen molar-refractivity contribution < 1.29 is 18.5 Å². The third-order valence-corrected chi connectivity index (χ3v) is 2.96. The van der Waals surface area contributed by atoms with Crippen LogP contribution >= 0.6 is 0 Å². The van der Waals surface area contributed by atoms with Crippen LogP contribution in [0, 0.1) is 5.82 Å². The van der Waals surface area contributed by atoms with Crippen LogP contribution < -0.4 is 5.32 Å². The van der Waals surface area contributed by atoms with Gasteiger partial charge in [-0.05, 0) is 24.6 Å². The number of halogens is 1. The minimum atomic E-state index is -0.894. The van der Waals surface area contributed by atoms with Gasteiger partial charge in [0, 0.05) is 29.4 Å². The predicted octanol–water partition coefficient (Wildman–Crippen LogP) is 1.03. The number of hydrogen-bond donors (Lipinski definition) is 2. The van der Waals surface area contributed by atoms with E-state index in [2.05, 4.69) is 5.32 Å². The summed E-state index contributed by atoms with van der Waals surface area (Å²) in [6.07, 6.45) is 2.16. The summed E-state index contributed by atoms with van der Waals surface area (Å²) in [5.41, 5.74) is -0.0948. The van der Waals surface area contributed by atoms with E-state index >= 15 is 0 Å². The van der Waals surface area contributed by atoms with Gasteiger partial charge in [-0.15, -0.1) is 0 Å². The monoisotopic (exact) mass is 259 g/mol. The van der Waals surface area contributed by atoms with E-state index in [0.717, 1.165) is 18.2 Å². The summed E-state index contributed by atoms with van der Waals surface area (Å²) in [5, 5.41) is 11.9. The molecule has 1 rings (SSSR count). The lowest BCUT2D eigenvalue weighted by molar-refractivity contribution is 0.0950. The third-order valence-electron chi connectivity index (χ3n) is 2.10. The fourth-order valence-corrected chi connectivity index (χ4v) is 1.81. The molecular formula is C11H14FNO3S. The molecule has 0 aliphatic carbocycles. The standard InChI is InChI=1S/C11H14FNO3S/c1-17(16)6-2-5-13-11(15)9-7-8(12)3-4-10(9)14/h3-4,7,14H,2,5-6H2,1H3,(H,13,15). The second kappa shape index (κ2) is 6.34. The van der Waals surface area contributed by atoms with Crippen molar-refractivity contribution >= 4 is 16.7 Å². The first-order valence-corrected chi connectivity index (χ1v) is 6.80. The Kier molecular flexibility index (Phi) is 5.09. The molecule has 0 saturated heterocycles. The molecule has 0 spiro atoms. The van der Waals surface area contributed by atoms with Crippen LogP contribution in [0.25, 0.3) is 0 Å². The van der Waals surface area contributed by atoms with Gasteiger partial charge in [-0.1, -0.05) is 0 Å². The highest BCUT2D eigenvalue weighted by atomic mass is 32.2. The Balaban J connectivity index is 2.52. The fourth-order valence-electron chi connectivity index (χ4n) is 1.26. The minimum Gasteiger partial charge on any atom is -0.507 e. The molecule has 6 heteroatoms. The molecule has 1 unspecified atom stereocenters. The Labute approximate surface area is 101 Å². The van der Waals surface area contributed by atoms with Gasteiger partial charge in [0.2, 0.25) is 0 Å². The Hall–Kier alpha value is -1.43. The van der Waals surface area contributed by atoms with Gasteiger partial charge in [0.1, 0.15) is 11.6 Å². The van der Waals surface area contributed by atoms with E-state index in [-0.39, 0.29) is 11.3 Å². The molecule has 1 aromatic carbocycles. The molecule has 0 aliphatic heterocycles. The molecule has 0 heterocycles. The molecule has 0 aliphatic rings. The highest BCUT2D eigenvalue weighted by molar-refractivity contribution is 7.84. The number of nitrogens with one attached hydrogen (secondary N) is 1. The molecular weight excluding hydrogens is 245 g/mol. The Morgan fingerprint density at radius 3 is 2.88 bits per heavy atom. The van der Waals surface area contributed by atoms with E-state index in [1.54, 1.807) is 6.26 Å². The smallest absolute Gasteiger partial charge is 0.255 e. The summed E-state index contributed by atoms with van der Waals surface area (Å²) in [6, 6.07) is 3.18. The average molecular weight is 259 g/mol. The summed E-state index contributed by atoms with van der Waals surface area (Å²) >= 11 is 0. The van der Waals surface area contributed by atoms with Gasteiger partial charge in [0.15, 0.2) is 0 Å². The van der Waals surface area contributed by atoms with Crippen LogP contribution in [0.2, 0.25) is 0 Å². The molecule has 0 saturated carbocycles. The molecule has 17 heavy (non-hydrogen) atoms. The van der Waals surface area contributed by atoms with Gasteiger partial charge in [0.05, 0.1) is 5.56 Å². The zero-order chi connectivity index (χ0) is 12.8. The highest BCUT2D eigenvalue weighted by Gasteiger charge is 2.11. The lowest BCUT2D eigenvalue weighted by atomic mass is 10.2. The number of benzene rings is 1. The molecule has 1 aromatic rings. The Morgan fingerprint density at radius 1 is 1.53 bits per heavy atom. The maximum Gasteiger partial charge on any atom is 0.255 e. The number of hydrogen-bond acceptors (Lipinski definition) is 3. The van der Waals surface area contributed by atoms with Gasteiger partial charge in [-0.3, -0.25) is 9.00 Å². The molecule has 0 radical (unpaired) electrons. The number of carbonyl (C=O) groups excluding carboxylic acids is 1. The number of phenolic OH excluding ortho intramolecular Hbond substituents is 1. The average Bonchev–Trinajstić information content (AvgIpc) is 2.27. The molecule has 4 nitrogen and oxygen atoms in total. The van der Waals surface area contributed by atoms with Crippen LogP contribution in [0.15, 0.2) is 18.2 Å². The van der Waals surface area contributed by atoms with Crippen molar-refractivity contribution in [3.63, 3.8) is 0 Å². The zero-order valence-electron chi connectivity index (χ0n) is 9.40. The molecule has 2 N–H and O–H groups in total. The van der Waals surface area contributed by atoms with Crippen molar-refractivity contribution in [2.24, 2.45) is 0 Å². The molecule has 0 aromatic heterocycles. The molecule has 0 bridgehead atoms. The summed E-state index contributed by atoms with van der Waals surface area (Å²) in [6.45, 7) is 0.342. The number of phenols is 1. The quantitative estimate of drug-likeness (QED) is 0.776. The fraction of sp³-hybridized carbons (Fsp3) is 0.364. The number of rotatable bonds is 5. The van der Waals surface area contributed by atoms with Gasteiger partial charge < -0.3 is 10.4 Å². The van der Waals surface area contributed by atoms with Gasteiger partial charge in [0.25, 0.3) is 5.91 Å². The number of aromatic hydroxyl groups is 1. The van der Waals surface area contributed by atoms with Crippen LogP contribution in [-0.4, -0.2) is 33.8 Å². The van der Waals surface area contributed by atoms with Crippen molar-refractivity contribution in [3.05, 3.63) is 29.6 Å². The second-order valence-electron chi connectivity index (χ2n) is 3.55. The van der Waals surface area contributed by atoms with Crippen molar-refractivity contribution in [2.75, 3.05) is 18.6 Å². The van der Waals surface area contributed by atoms with E-state index in [4.69, 9.17) is 0 Å². The third kappa shape index (κ3) is 4.52. The minimum absolute atomic E-state index is 0.0948. The first-order valence-electron chi connectivity index (χ1n) is 5.07. The molecule has 0 fully saturated rings. The lowest BCUT2D eigenvalue weighted by Gasteiger charge is -2.06. The summed E-state index contributed by atoms with van der Waals surface area (Å²) in [4.78, 5) is 11.5. The second-order valence-corrected chi connectivity index (χ2v) is 5.10. The Bertz CT molecular complexity index is 437. The van der Waals surface area contributed by atoms with Crippen molar-refractivity contribution in [2.45, 2.75) is 6.42 Å². The van der Waals surface area contributed by atoms with Crippen molar-refractivity contribution in [3.8, 4) is 5.75 Å².